The van der Waals surface area contributed by atoms with E-state index in [9.17, 15) is 4.79 Å². The van der Waals surface area contributed by atoms with Gasteiger partial charge in [0, 0.05) is 54.5 Å². The molecule has 0 spiro atoms. The van der Waals surface area contributed by atoms with Crippen LogP contribution in [-0.4, -0.2) is 86.6 Å². The first kappa shape index (κ1) is 25.0. The molecule has 0 fully saturated rings. The Hall–Kier alpha value is -0.970. The van der Waals surface area contributed by atoms with Gasteiger partial charge in [-0.1, -0.05) is 0 Å². The van der Waals surface area contributed by atoms with E-state index in [2.05, 4.69) is 10.6 Å². The molecule has 0 heterocycles. The molecule has 0 amide bonds. The quantitative estimate of drug-likeness (QED) is 0.206. The van der Waals surface area contributed by atoms with E-state index in [0.29, 0.717) is 26.1 Å². The van der Waals surface area contributed by atoms with Gasteiger partial charge in [-0.25, -0.2) is 4.79 Å². The number of nitrogens with one attached hydrogen (secondary N) is 2. The van der Waals surface area contributed by atoms with Crippen LogP contribution in [0.2, 0.25) is 0 Å². The third-order valence-electron chi connectivity index (χ3n) is 3.56. The van der Waals surface area contributed by atoms with Crippen molar-refractivity contribution in [3.63, 3.8) is 0 Å². The van der Waals surface area contributed by atoms with Gasteiger partial charge < -0.3 is 28.4 Å². The normalized spacial score (nSPS) is 13.4. The van der Waals surface area contributed by atoms with Crippen molar-refractivity contribution in [2.24, 2.45) is 0 Å². The van der Waals surface area contributed by atoms with Gasteiger partial charge in [-0.3, -0.25) is 10.6 Å². The van der Waals surface area contributed by atoms with Crippen LogP contribution in [0.25, 0.3) is 0 Å². The van der Waals surface area contributed by atoms with Crippen LogP contribution >= 0.6 is 0 Å². The van der Waals surface area contributed by atoms with Crippen LogP contribution < -0.4 is 10.6 Å². The molecule has 2 atom stereocenters. The summed E-state index contributed by atoms with van der Waals surface area (Å²) in [6.07, 6.45) is 1.83. The maximum atomic E-state index is 11.6. The molecule has 2 N–H and O–H groups in total. The lowest BCUT2D eigenvalue weighted by Gasteiger charge is -2.18. The predicted octanol–water partition coefficient (Wildman–Crippen LogP) is 1.12. The Labute approximate surface area is 157 Å². The second-order valence-corrected chi connectivity index (χ2v) is 5.57. The second kappa shape index (κ2) is 18.8. The van der Waals surface area contributed by atoms with Gasteiger partial charge in [-0.2, -0.15) is 0 Å². The molecule has 0 aliphatic rings. The Bertz CT molecular complexity index is 293. The van der Waals surface area contributed by atoms with Crippen molar-refractivity contribution in [3.05, 3.63) is 0 Å². The summed E-state index contributed by atoms with van der Waals surface area (Å²) in [4.78, 5) is 11.6. The molecular weight excluding hydrogens is 344 g/mol. The summed E-state index contributed by atoms with van der Waals surface area (Å²) in [6, 6.07) is 0. The molecule has 0 saturated heterocycles. The Morgan fingerprint density at radius 3 is 1.50 bits per heavy atom. The molecule has 9 nitrogen and oxygen atoms in total. The van der Waals surface area contributed by atoms with Gasteiger partial charge in [-0.15, -0.1) is 0 Å². The first-order chi connectivity index (χ1) is 12.7. The van der Waals surface area contributed by atoms with Gasteiger partial charge in [-0.05, 0) is 25.9 Å². The average molecular weight is 380 g/mol. The van der Waals surface area contributed by atoms with Gasteiger partial charge in [0.25, 0.3) is 0 Å². The Morgan fingerprint density at radius 2 is 1.15 bits per heavy atom. The maximum Gasteiger partial charge on any atom is 0.508 e. The van der Waals surface area contributed by atoms with Gasteiger partial charge in [0.05, 0.1) is 13.2 Å². The summed E-state index contributed by atoms with van der Waals surface area (Å²) >= 11 is 0. The molecule has 0 aliphatic heterocycles. The number of carbonyl (C=O) groups is 1. The van der Waals surface area contributed by atoms with Crippen molar-refractivity contribution in [2.75, 3.05) is 68.0 Å². The SMILES string of the molecule is COCCCNC(CCOC(=O)OCCC(NCCCOC)OC)OC. The van der Waals surface area contributed by atoms with E-state index in [0.717, 1.165) is 25.9 Å². The van der Waals surface area contributed by atoms with Crippen LogP contribution in [0, 0.1) is 0 Å². The van der Waals surface area contributed by atoms with Crippen molar-refractivity contribution in [1.82, 2.24) is 10.6 Å². The van der Waals surface area contributed by atoms with Gasteiger partial charge in [0.15, 0.2) is 0 Å². The monoisotopic (exact) mass is 380 g/mol. The minimum absolute atomic E-state index is 0.172. The Morgan fingerprint density at radius 1 is 0.731 bits per heavy atom. The number of methoxy groups -OCH3 is 4. The molecule has 0 radical (unpaired) electrons. The third-order valence-corrected chi connectivity index (χ3v) is 3.56. The van der Waals surface area contributed by atoms with Crippen LogP contribution in [0.15, 0.2) is 0 Å². The van der Waals surface area contributed by atoms with Crippen molar-refractivity contribution >= 4 is 6.16 Å². The fourth-order valence-corrected chi connectivity index (χ4v) is 2.11. The number of carbonyl (C=O) groups excluding carboxylic acids is 1. The lowest BCUT2D eigenvalue weighted by atomic mass is 10.3. The van der Waals surface area contributed by atoms with Crippen LogP contribution in [-0.2, 0) is 28.4 Å². The van der Waals surface area contributed by atoms with Crippen molar-refractivity contribution in [3.8, 4) is 0 Å². The fraction of sp³-hybridized carbons (Fsp3) is 0.941. The molecule has 0 saturated carbocycles. The Kier molecular flexibility index (Phi) is 18.1. The zero-order chi connectivity index (χ0) is 19.5. The zero-order valence-corrected chi connectivity index (χ0v) is 16.6. The Balaban J connectivity index is 3.70. The molecule has 0 rings (SSSR count). The molecule has 0 aromatic rings. The fourth-order valence-electron chi connectivity index (χ4n) is 2.11. The number of hydrogen-bond acceptors (Lipinski definition) is 9. The van der Waals surface area contributed by atoms with E-state index < -0.39 is 6.16 Å². The largest absolute Gasteiger partial charge is 0.508 e. The highest BCUT2D eigenvalue weighted by molar-refractivity contribution is 5.59. The minimum Gasteiger partial charge on any atom is -0.434 e. The first-order valence-electron chi connectivity index (χ1n) is 8.97. The topological polar surface area (TPSA) is 96.5 Å². The number of hydrogen-bond donors (Lipinski definition) is 2. The van der Waals surface area contributed by atoms with Gasteiger partial charge in [0.1, 0.15) is 12.5 Å². The van der Waals surface area contributed by atoms with Gasteiger partial charge >= 0.3 is 6.16 Å². The molecule has 9 heteroatoms. The molecule has 0 bridgehead atoms. The summed E-state index contributed by atoms with van der Waals surface area (Å²) in [5, 5.41) is 6.41. The summed E-state index contributed by atoms with van der Waals surface area (Å²) in [5.41, 5.74) is 0. The second-order valence-electron chi connectivity index (χ2n) is 5.57. The lowest BCUT2D eigenvalue weighted by Crippen LogP contribution is -2.34. The van der Waals surface area contributed by atoms with Crippen LogP contribution in [0.5, 0.6) is 0 Å². The minimum atomic E-state index is -0.687. The van der Waals surface area contributed by atoms with Crippen molar-refractivity contribution in [1.29, 1.82) is 0 Å². The van der Waals surface area contributed by atoms with Crippen molar-refractivity contribution in [2.45, 2.75) is 38.1 Å². The van der Waals surface area contributed by atoms with Crippen molar-refractivity contribution < 1.29 is 33.2 Å². The molecule has 2 unspecified atom stereocenters. The summed E-state index contributed by atoms with van der Waals surface area (Å²) < 4.78 is 30.6. The van der Waals surface area contributed by atoms with Crippen LogP contribution in [0.3, 0.4) is 0 Å². The summed E-state index contributed by atoms with van der Waals surface area (Å²) in [7, 11) is 6.55. The average Bonchev–Trinajstić information content (AvgIpc) is 2.65. The highest BCUT2D eigenvalue weighted by Gasteiger charge is 2.11. The summed E-state index contributed by atoms with van der Waals surface area (Å²) in [6.45, 7) is 3.36. The standard InChI is InChI=1S/C17H36N2O7/c1-21-11-5-9-18-15(23-3)7-13-25-17(20)26-14-8-16(24-4)19-10-6-12-22-2/h15-16,18-19H,5-14H2,1-4H3. The lowest BCUT2D eigenvalue weighted by molar-refractivity contribution is 0.00898. The molecular formula is C17H36N2O7. The van der Waals surface area contributed by atoms with E-state index >= 15 is 0 Å². The molecule has 0 aromatic carbocycles. The van der Waals surface area contributed by atoms with E-state index in [4.69, 9.17) is 28.4 Å². The zero-order valence-electron chi connectivity index (χ0n) is 16.6. The molecule has 26 heavy (non-hydrogen) atoms. The maximum absolute atomic E-state index is 11.6. The molecule has 0 aromatic heterocycles. The van der Waals surface area contributed by atoms with E-state index in [1.165, 1.54) is 0 Å². The van der Waals surface area contributed by atoms with Crippen LogP contribution in [0.1, 0.15) is 25.7 Å². The highest BCUT2D eigenvalue weighted by atomic mass is 16.7. The summed E-state index contributed by atoms with van der Waals surface area (Å²) in [5.74, 6) is 0. The number of ether oxygens (including phenoxy) is 6. The smallest absolute Gasteiger partial charge is 0.434 e. The third kappa shape index (κ3) is 15.3. The van der Waals surface area contributed by atoms with Crippen LogP contribution in [0.4, 0.5) is 4.79 Å². The first-order valence-corrected chi connectivity index (χ1v) is 8.97. The number of rotatable bonds is 18. The van der Waals surface area contributed by atoms with E-state index in [1.54, 1.807) is 28.4 Å². The molecule has 0 aliphatic carbocycles. The van der Waals surface area contributed by atoms with Gasteiger partial charge in [0.2, 0.25) is 0 Å². The van der Waals surface area contributed by atoms with E-state index in [-0.39, 0.29) is 25.7 Å². The molecule has 156 valence electrons. The highest BCUT2D eigenvalue weighted by Crippen LogP contribution is 1.99. The van der Waals surface area contributed by atoms with E-state index in [1.807, 2.05) is 0 Å². The predicted molar refractivity (Wildman–Crippen MR) is 97.1 cm³/mol.